The summed E-state index contributed by atoms with van der Waals surface area (Å²) in [4.78, 5) is 27.4. The van der Waals surface area contributed by atoms with Gasteiger partial charge in [0.1, 0.15) is 0 Å². The van der Waals surface area contributed by atoms with Crippen molar-refractivity contribution in [3.63, 3.8) is 0 Å². The summed E-state index contributed by atoms with van der Waals surface area (Å²) in [6.07, 6.45) is 1.58. The molecular formula is C19H18N4O3. The molecule has 0 saturated heterocycles. The number of nitrogens with zero attached hydrogens (tertiary/aromatic N) is 3. The molecule has 0 aliphatic rings. The zero-order valence-electron chi connectivity index (χ0n) is 14.4. The molecule has 0 aliphatic carbocycles. The third kappa shape index (κ3) is 3.46. The number of aromatic nitrogens is 2. The predicted octanol–water partition coefficient (Wildman–Crippen LogP) is 3.56. The Hall–Kier alpha value is -3.48. The van der Waals surface area contributed by atoms with Crippen molar-refractivity contribution >= 4 is 11.9 Å². The third-order valence-electron chi connectivity index (χ3n) is 4.14. The van der Waals surface area contributed by atoms with Gasteiger partial charge >= 0.3 is 0 Å². The van der Waals surface area contributed by atoms with Gasteiger partial charge in [-0.15, -0.1) is 0 Å². The fourth-order valence-corrected chi connectivity index (χ4v) is 2.62. The zero-order chi connectivity index (χ0) is 18.7. The summed E-state index contributed by atoms with van der Waals surface area (Å²) in [7, 11) is 0. The lowest BCUT2D eigenvalue weighted by molar-refractivity contribution is -0.384. The largest absolute Gasteiger partial charge is 0.295 e. The maximum absolute atomic E-state index is 12.7. The van der Waals surface area contributed by atoms with Crippen LogP contribution in [0.4, 0.5) is 5.69 Å². The Morgan fingerprint density at radius 2 is 1.81 bits per heavy atom. The first-order chi connectivity index (χ1) is 12.5. The fraction of sp³-hybridized carbons (Fsp3) is 0.158. The van der Waals surface area contributed by atoms with Crippen LogP contribution in [-0.4, -0.2) is 20.9 Å². The van der Waals surface area contributed by atoms with E-state index < -0.39 is 4.92 Å². The second kappa shape index (κ2) is 7.18. The fourth-order valence-electron chi connectivity index (χ4n) is 2.62. The molecule has 1 N–H and O–H groups in total. The number of rotatable bonds is 5. The average Bonchev–Trinajstić information content (AvgIpc) is 2.94. The maximum Gasteiger partial charge on any atom is 0.280 e. The Bertz CT molecular complexity index is 1000. The number of nitrogens with one attached hydrogen (secondary N) is 1. The molecule has 0 unspecified atom stereocenters. The predicted molar refractivity (Wildman–Crippen MR) is 100 cm³/mol. The third-order valence-corrected chi connectivity index (χ3v) is 4.14. The molecule has 1 aromatic heterocycles. The van der Waals surface area contributed by atoms with Gasteiger partial charge in [-0.25, -0.2) is 4.68 Å². The van der Waals surface area contributed by atoms with Gasteiger partial charge in [-0.3, -0.25) is 25.0 Å². The van der Waals surface area contributed by atoms with Crippen molar-refractivity contribution in [3.8, 4) is 5.69 Å². The monoisotopic (exact) mass is 350 g/mol. The Labute approximate surface area is 149 Å². The van der Waals surface area contributed by atoms with E-state index in [1.165, 1.54) is 28.9 Å². The van der Waals surface area contributed by atoms with Crippen LogP contribution in [0, 0.1) is 17.0 Å². The van der Waals surface area contributed by atoms with Gasteiger partial charge in [-0.2, -0.15) is 0 Å². The van der Waals surface area contributed by atoms with E-state index in [0.717, 1.165) is 5.56 Å². The molecule has 1 heterocycles. The molecular weight excluding hydrogens is 332 g/mol. The zero-order valence-corrected chi connectivity index (χ0v) is 14.4. The number of aryl methyl sites for hydroxylation is 1. The minimum absolute atomic E-state index is 0.0245. The van der Waals surface area contributed by atoms with Crippen LogP contribution >= 0.6 is 0 Å². The molecule has 132 valence electrons. The Balaban J connectivity index is 1.90. The maximum atomic E-state index is 12.7. The Kier molecular flexibility index (Phi) is 4.79. The number of nitro benzene ring substituents is 1. The average molecular weight is 350 g/mol. The highest BCUT2D eigenvalue weighted by Gasteiger charge is 2.12. The van der Waals surface area contributed by atoms with Crippen LogP contribution in [-0.2, 0) is 0 Å². The molecule has 0 amide bonds. The number of aromatic amines is 1. The molecule has 0 fully saturated rings. The van der Waals surface area contributed by atoms with E-state index >= 15 is 0 Å². The number of H-pyrrole nitrogens is 1. The standard InChI is InChI=1S/C19H18N4O3/c1-13(15-6-4-3-5-7-15)20-12-18-14(2)21-22(19(18)24)16-8-10-17(11-9-16)23(25)26/h3-13,21H,1-2H3/t13-/m0/s1. The van der Waals surface area contributed by atoms with Gasteiger partial charge in [0, 0.05) is 24.0 Å². The summed E-state index contributed by atoms with van der Waals surface area (Å²) in [5, 5.41) is 13.7. The first-order valence-electron chi connectivity index (χ1n) is 8.12. The molecule has 0 saturated carbocycles. The number of non-ortho nitro benzene ring substituents is 1. The summed E-state index contributed by atoms with van der Waals surface area (Å²) in [5.41, 5.74) is 2.46. The van der Waals surface area contributed by atoms with E-state index in [4.69, 9.17) is 0 Å². The lowest BCUT2D eigenvalue weighted by Crippen LogP contribution is -2.17. The second-order valence-corrected chi connectivity index (χ2v) is 5.93. The lowest BCUT2D eigenvalue weighted by atomic mass is 10.1. The van der Waals surface area contributed by atoms with Crippen molar-refractivity contribution in [1.29, 1.82) is 0 Å². The summed E-state index contributed by atoms with van der Waals surface area (Å²) in [5.74, 6) is 0. The molecule has 7 heteroatoms. The molecule has 0 spiro atoms. The summed E-state index contributed by atoms with van der Waals surface area (Å²) in [6.45, 7) is 3.75. The van der Waals surface area contributed by atoms with Crippen LogP contribution in [0.1, 0.15) is 29.8 Å². The smallest absolute Gasteiger partial charge is 0.280 e. The summed E-state index contributed by atoms with van der Waals surface area (Å²) in [6, 6.07) is 15.5. The SMILES string of the molecule is Cc1[nH]n(-c2ccc([N+](=O)[O-])cc2)c(=O)c1C=N[C@@H](C)c1ccccc1. The Morgan fingerprint density at radius 3 is 2.42 bits per heavy atom. The van der Waals surface area contributed by atoms with Gasteiger partial charge in [0.2, 0.25) is 0 Å². The van der Waals surface area contributed by atoms with Crippen molar-refractivity contribution in [2.75, 3.05) is 0 Å². The van der Waals surface area contributed by atoms with E-state index in [1.807, 2.05) is 37.3 Å². The van der Waals surface area contributed by atoms with Gasteiger partial charge in [0.05, 0.1) is 22.2 Å². The van der Waals surface area contributed by atoms with Crippen molar-refractivity contribution in [1.82, 2.24) is 9.78 Å². The minimum Gasteiger partial charge on any atom is -0.295 e. The first-order valence-corrected chi connectivity index (χ1v) is 8.12. The van der Waals surface area contributed by atoms with E-state index in [1.54, 1.807) is 13.1 Å². The molecule has 3 rings (SSSR count). The topological polar surface area (TPSA) is 93.3 Å². The van der Waals surface area contributed by atoms with Gasteiger partial charge in [0.15, 0.2) is 0 Å². The molecule has 0 bridgehead atoms. The summed E-state index contributed by atoms with van der Waals surface area (Å²) >= 11 is 0. The highest BCUT2D eigenvalue weighted by molar-refractivity contribution is 5.81. The first kappa shape index (κ1) is 17.3. The van der Waals surface area contributed by atoms with E-state index in [9.17, 15) is 14.9 Å². The molecule has 1 atom stereocenters. The molecule has 26 heavy (non-hydrogen) atoms. The number of aliphatic imine (C=N–C) groups is 1. The molecule has 3 aromatic rings. The summed E-state index contributed by atoms with van der Waals surface area (Å²) < 4.78 is 1.35. The van der Waals surface area contributed by atoms with Crippen molar-refractivity contribution < 1.29 is 4.92 Å². The van der Waals surface area contributed by atoms with Gasteiger partial charge in [0.25, 0.3) is 11.2 Å². The molecule has 0 aliphatic heterocycles. The van der Waals surface area contributed by atoms with Crippen LogP contribution in [0.15, 0.2) is 64.4 Å². The van der Waals surface area contributed by atoms with Crippen LogP contribution in [0.5, 0.6) is 0 Å². The lowest BCUT2D eigenvalue weighted by Gasteiger charge is -2.05. The second-order valence-electron chi connectivity index (χ2n) is 5.93. The minimum atomic E-state index is -0.477. The highest BCUT2D eigenvalue weighted by Crippen LogP contribution is 2.16. The highest BCUT2D eigenvalue weighted by atomic mass is 16.6. The van der Waals surface area contributed by atoms with Gasteiger partial charge in [-0.1, -0.05) is 30.3 Å². The van der Waals surface area contributed by atoms with E-state index in [0.29, 0.717) is 16.9 Å². The number of nitro groups is 1. The molecule has 0 radical (unpaired) electrons. The van der Waals surface area contributed by atoms with Crippen LogP contribution in [0.2, 0.25) is 0 Å². The number of benzene rings is 2. The van der Waals surface area contributed by atoms with E-state index in [-0.39, 0.29) is 17.3 Å². The molecule has 2 aromatic carbocycles. The van der Waals surface area contributed by atoms with Crippen LogP contribution < -0.4 is 5.56 Å². The van der Waals surface area contributed by atoms with E-state index in [2.05, 4.69) is 10.1 Å². The van der Waals surface area contributed by atoms with Crippen molar-refractivity contribution in [3.05, 3.63) is 91.9 Å². The van der Waals surface area contributed by atoms with Crippen LogP contribution in [0.25, 0.3) is 5.69 Å². The van der Waals surface area contributed by atoms with Crippen molar-refractivity contribution in [2.45, 2.75) is 19.9 Å². The number of hydrogen-bond donors (Lipinski definition) is 1. The molecule has 7 nitrogen and oxygen atoms in total. The normalized spacial score (nSPS) is 12.4. The van der Waals surface area contributed by atoms with Crippen LogP contribution in [0.3, 0.4) is 0 Å². The Morgan fingerprint density at radius 1 is 1.15 bits per heavy atom. The van der Waals surface area contributed by atoms with Gasteiger partial charge < -0.3 is 0 Å². The quantitative estimate of drug-likeness (QED) is 0.433. The van der Waals surface area contributed by atoms with Gasteiger partial charge in [-0.05, 0) is 31.5 Å². The number of hydrogen-bond acceptors (Lipinski definition) is 4. The van der Waals surface area contributed by atoms with Crippen molar-refractivity contribution in [2.24, 2.45) is 4.99 Å².